The van der Waals surface area contributed by atoms with Crippen LogP contribution in [0, 0.1) is 0 Å². The summed E-state index contributed by atoms with van der Waals surface area (Å²) in [5.41, 5.74) is 0. The minimum absolute atomic E-state index is 0.0535. The van der Waals surface area contributed by atoms with Gasteiger partial charge in [-0.2, -0.15) is 4.31 Å². The fraction of sp³-hybridized carbons (Fsp3) is 0.600. The Hall–Kier alpha value is -0.560. The van der Waals surface area contributed by atoms with Gasteiger partial charge in [-0.3, -0.25) is 0 Å². The molecule has 17 heavy (non-hydrogen) atoms. The fourth-order valence-electron chi connectivity index (χ4n) is 1.70. The first-order valence-electron chi connectivity index (χ1n) is 5.30. The van der Waals surface area contributed by atoms with Gasteiger partial charge < -0.3 is 9.15 Å². The second kappa shape index (κ2) is 4.97. The molecule has 1 aromatic rings. The van der Waals surface area contributed by atoms with Crippen molar-refractivity contribution in [3.8, 4) is 0 Å². The highest BCUT2D eigenvalue weighted by molar-refractivity contribution is 7.89. The average molecular weight is 280 g/mol. The van der Waals surface area contributed by atoms with Gasteiger partial charge in [0.05, 0.1) is 18.6 Å². The fourth-order valence-corrected chi connectivity index (χ4v) is 3.27. The average Bonchev–Trinajstić information content (AvgIpc) is 2.78. The maximum atomic E-state index is 12.2. The topological polar surface area (TPSA) is 59.8 Å². The van der Waals surface area contributed by atoms with Gasteiger partial charge in [-0.05, 0) is 19.1 Å². The summed E-state index contributed by atoms with van der Waals surface area (Å²) in [7, 11) is -3.56. The van der Waals surface area contributed by atoms with Crippen molar-refractivity contribution < 1.29 is 17.6 Å². The monoisotopic (exact) mass is 279 g/mol. The number of hydrogen-bond donors (Lipinski definition) is 0. The molecule has 7 heteroatoms. The van der Waals surface area contributed by atoms with Gasteiger partial charge in [0.25, 0.3) is 10.0 Å². The van der Waals surface area contributed by atoms with Gasteiger partial charge in [0, 0.05) is 13.1 Å². The molecule has 0 aliphatic carbocycles. The van der Waals surface area contributed by atoms with E-state index in [1.807, 2.05) is 6.92 Å². The number of nitrogens with zero attached hydrogens (tertiary/aromatic N) is 1. The van der Waals surface area contributed by atoms with Gasteiger partial charge in [-0.15, -0.1) is 11.6 Å². The van der Waals surface area contributed by atoms with E-state index in [1.54, 1.807) is 6.07 Å². The van der Waals surface area contributed by atoms with E-state index in [2.05, 4.69) is 0 Å². The lowest BCUT2D eigenvalue weighted by molar-refractivity contribution is 0.00976. The third-order valence-corrected chi connectivity index (χ3v) is 4.57. The number of morpholine rings is 1. The lowest BCUT2D eigenvalue weighted by Crippen LogP contribution is -2.44. The highest BCUT2D eigenvalue weighted by Crippen LogP contribution is 2.21. The second-order valence-electron chi connectivity index (χ2n) is 3.90. The first-order chi connectivity index (χ1) is 8.04. The summed E-state index contributed by atoms with van der Waals surface area (Å²) in [5, 5.41) is -0.0535. The summed E-state index contributed by atoms with van der Waals surface area (Å²) in [6, 6.07) is 3.01. The van der Waals surface area contributed by atoms with E-state index in [1.165, 1.54) is 10.4 Å². The largest absolute Gasteiger partial charge is 0.447 e. The third-order valence-electron chi connectivity index (χ3n) is 2.57. The Kier molecular flexibility index (Phi) is 3.77. The van der Waals surface area contributed by atoms with Crippen molar-refractivity contribution in [2.24, 2.45) is 0 Å². The Morgan fingerprint density at radius 3 is 2.88 bits per heavy atom. The lowest BCUT2D eigenvalue weighted by atomic mass is 10.3. The number of rotatable bonds is 3. The van der Waals surface area contributed by atoms with E-state index in [0.717, 1.165) is 0 Å². The third kappa shape index (κ3) is 2.65. The van der Waals surface area contributed by atoms with Gasteiger partial charge >= 0.3 is 0 Å². The minimum atomic E-state index is -3.56. The molecule has 1 aliphatic rings. The van der Waals surface area contributed by atoms with Crippen molar-refractivity contribution in [2.45, 2.75) is 24.0 Å². The molecule has 0 spiro atoms. The molecule has 1 unspecified atom stereocenters. The van der Waals surface area contributed by atoms with Crippen LogP contribution in [0.5, 0.6) is 0 Å². The van der Waals surface area contributed by atoms with Crippen LogP contribution in [-0.4, -0.2) is 38.5 Å². The molecule has 0 N–H and O–H groups in total. The Bertz CT molecular complexity index is 484. The smallest absolute Gasteiger partial charge is 0.276 e. The molecule has 1 saturated heterocycles. The summed E-state index contributed by atoms with van der Waals surface area (Å²) in [6.07, 6.45) is -0.0963. The molecule has 0 radical (unpaired) electrons. The van der Waals surface area contributed by atoms with Crippen LogP contribution in [0.3, 0.4) is 0 Å². The second-order valence-corrected chi connectivity index (χ2v) is 6.03. The number of furan rings is 1. The van der Waals surface area contributed by atoms with E-state index in [9.17, 15) is 8.42 Å². The molecule has 2 heterocycles. The van der Waals surface area contributed by atoms with E-state index in [0.29, 0.717) is 25.5 Å². The van der Waals surface area contributed by atoms with Crippen molar-refractivity contribution in [1.82, 2.24) is 4.31 Å². The molecule has 1 atom stereocenters. The van der Waals surface area contributed by atoms with Crippen LogP contribution in [0.15, 0.2) is 21.6 Å². The highest BCUT2D eigenvalue weighted by atomic mass is 35.5. The molecule has 0 amide bonds. The van der Waals surface area contributed by atoms with Crippen molar-refractivity contribution in [2.75, 3.05) is 19.7 Å². The quantitative estimate of drug-likeness (QED) is 0.786. The molecule has 96 valence electrons. The van der Waals surface area contributed by atoms with Gasteiger partial charge in [-0.1, -0.05) is 0 Å². The first kappa shape index (κ1) is 12.9. The van der Waals surface area contributed by atoms with Gasteiger partial charge in [0.1, 0.15) is 5.76 Å². The SMILES string of the molecule is CC1CN(S(=O)(=O)c2ccc(CCl)o2)CCO1. The van der Waals surface area contributed by atoms with Gasteiger partial charge in [0.2, 0.25) is 5.09 Å². The standard InChI is InChI=1S/C10H14ClNO4S/c1-8-7-12(4-5-15-8)17(13,14)10-3-2-9(6-11)16-10/h2-3,8H,4-7H2,1H3. The molecular formula is C10H14ClNO4S. The maximum absolute atomic E-state index is 12.2. The van der Waals surface area contributed by atoms with Crippen molar-refractivity contribution in [3.05, 3.63) is 17.9 Å². The predicted octanol–water partition coefficient (Wildman–Crippen LogP) is 1.43. The van der Waals surface area contributed by atoms with E-state index in [4.69, 9.17) is 20.8 Å². The maximum Gasteiger partial charge on any atom is 0.276 e. The van der Waals surface area contributed by atoms with Gasteiger partial charge in [0.15, 0.2) is 0 Å². The Balaban J connectivity index is 2.23. The van der Waals surface area contributed by atoms with Crippen LogP contribution in [0.4, 0.5) is 0 Å². The number of sulfonamides is 1. The number of ether oxygens (including phenoxy) is 1. The number of alkyl halides is 1. The molecule has 2 rings (SSSR count). The number of halogens is 1. The molecule has 0 aromatic carbocycles. The summed E-state index contributed by atoms with van der Waals surface area (Å²) >= 11 is 5.58. The Labute approximate surface area is 105 Å². The zero-order valence-electron chi connectivity index (χ0n) is 9.43. The molecule has 0 bridgehead atoms. The molecule has 1 aliphatic heterocycles. The minimum Gasteiger partial charge on any atom is -0.447 e. The van der Waals surface area contributed by atoms with E-state index < -0.39 is 10.0 Å². The summed E-state index contributed by atoms with van der Waals surface area (Å²) in [5.74, 6) is 0.612. The first-order valence-corrected chi connectivity index (χ1v) is 7.28. The highest BCUT2D eigenvalue weighted by Gasteiger charge is 2.31. The normalized spacial score (nSPS) is 22.8. The summed E-state index contributed by atoms with van der Waals surface area (Å²) < 4.78 is 36.3. The molecule has 1 fully saturated rings. The van der Waals surface area contributed by atoms with E-state index in [-0.39, 0.29) is 17.1 Å². The summed E-state index contributed by atoms with van der Waals surface area (Å²) in [4.78, 5) is 0. The van der Waals surface area contributed by atoms with Crippen molar-refractivity contribution in [1.29, 1.82) is 0 Å². The van der Waals surface area contributed by atoms with E-state index >= 15 is 0 Å². The Morgan fingerprint density at radius 1 is 1.53 bits per heavy atom. The molecule has 0 saturated carbocycles. The zero-order valence-corrected chi connectivity index (χ0v) is 11.0. The van der Waals surface area contributed by atoms with Crippen molar-refractivity contribution >= 4 is 21.6 Å². The molecule has 5 nitrogen and oxygen atoms in total. The number of hydrogen-bond acceptors (Lipinski definition) is 4. The lowest BCUT2D eigenvalue weighted by Gasteiger charge is -2.29. The Morgan fingerprint density at radius 2 is 2.29 bits per heavy atom. The zero-order chi connectivity index (χ0) is 12.5. The van der Waals surface area contributed by atoms with Crippen molar-refractivity contribution in [3.63, 3.8) is 0 Å². The molecular weight excluding hydrogens is 266 g/mol. The summed E-state index contributed by atoms with van der Waals surface area (Å²) in [6.45, 7) is 2.94. The predicted molar refractivity (Wildman–Crippen MR) is 62.4 cm³/mol. The van der Waals surface area contributed by atoms with Crippen LogP contribution in [0.1, 0.15) is 12.7 Å². The van der Waals surface area contributed by atoms with Crippen LogP contribution in [0.25, 0.3) is 0 Å². The van der Waals surface area contributed by atoms with Crippen LogP contribution in [-0.2, 0) is 20.6 Å². The van der Waals surface area contributed by atoms with Crippen LogP contribution in [0.2, 0.25) is 0 Å². The van der Waals surface area contributed by atoms with Crippen LogP contribution < -0.4 is 0 Å². The van der Waals surface area contributed by atoms with Gasteiger partial charge in [-0.25, -0.2) is 8.42 Å². The molecule has 1 aromatic heterocycles. The van der Waals surface area contributed by atoms with Crippen LogP contribution >= 0.6 is 11.6 Å².